The summed E-state index contributed by atoms with van der Waals surface area (Å²) in [6.07, 6.45) is 12.0. The van der Waals surface area contributed by atoms with E-state index in [4.69, 9.17) is 0 Å². The van der Waals surface area contributed by atoms with E-state index in [0.717, 1.165) is 35.8 Å². The molecule has 0 amide bonds. The third kappa shape index (κ3) is 2.06. The van der Waals surface area contributed by atoms with E-state index in [1.165, 1.54) is 64.5 Å². The first-order chi connectivity index (χ1) is 9.75. The van der Waals surface area contributed by atoms with Gasteiger partial charge in [-0.25, -0.2) is 0 Å². The lowest BCUT2D eigenvalue weighted by molar-refractivity contribution is 0.0999. The third-order valence-corrected chi connectivity index (χ3v) is 7.23. The van der Waals surface area contributed by atoms with E-state index in [9.17, 15) is 0 Å². The molecule has 2 aliphatic heterocycles. The molecule has 2 nitrogen and oxygen atoms in total. The first kappa shape index (κ1) is 13.6. The van der Waals surface area contributed by atoms with Crippen molar-refractivity contribution in [3.8, 4) is 0 Å². The Morgan fingerprint density at radius 2 is 1.00 bits per heavy atom. The second-order valence-electron chi connectivity index (χ2n) is 8.28. The van der Waals surface area contributed by atoms with E-state index in [1.807, 2.05) is 0 Å². The number of hydrogen-bond donors (Lipinski definition) is 0. The minimum atomic E-state index is 0.874. The van der Waals surface area contributed by atoms with Gasteiger partial charge in [-0.15, -0.1) is 0 Å². The molecule has 6 unspecified atom stereocenters. The van der Waals surface area contributed by atoms with Crippen LogP contribution in [0.3, 0.4) is 0 Å². The fourth-order valence-electron chi connectivity index (χ4n) is 6.49. The Morgan fingerprint density at radius 1 is 0.600 bits per heavy atom. The summed E-state index contributed by atoms with van der Waals surface area (Å²) in [6, 6.07) is 1.75. The highest BCUT2D eigenvalue weighted by Gasteiger charge is 2.52. The van der Waals surface area contributed by atoms with E-state index in [2.05, 4.69) is 23.9 Å². The largest absolute Gasteiger partial charge is 0.301 e. The SMILES string of the molecule is CN1CC2CCCCC2C1C1C2CCCCC2CN1C. The minimum absolute atomic E-state index is 0.874. The van der Waals surface area contributed by atoms with Crippen LogP contribution in [-0.2, 0) is 0 Å². The molecule has 0 spiro atoms. The Labute approximate surface area is 124 Å². The van der Waals surface area contributed by atoms with Crippen LogP contribution in [0.15, 0.2) is 0 Å². The predicted molar refractivity (Wildman–Crippen MR) is 83.7 cm³/mol. The van der Waals surface area contributed by atoms with Gasteiger partial charge in [0.2, 0.25) is 0 Å². The zero-order chi connectivity index (χ0) is 13.7. The molecule has 4 aliphatic rings. The Morgan fingerprint density at radius 3 is 1.45 bits per heavy atom. The van der Waals surface area contributed by atoms with Crippen molar-refractivity contribution in [1.29, 1.82) is 0 Å². The number of nitrogens with zero attached hydrogens (tertiary/aromatic N) is 2. The lowest BCUT2D eigenvalue weighted by atomic mass is 9.71. The molecule has 20 heavy (non-hydrogen) atoms. The van der Waals surface area contributed by atoms with Gasteiger partial charge in [-0.2, -0.15) is 0 Å². The van der Waals surface area contributed by atoms with Crippen LogP contribution in [0, 0.1) is 23.7 Å². The van der Waals surface area contributed by atoms with E-state index < -0.39 is 0 Å². The Balaban J connectivity index is 1.58. The maximum atomic E-state index is 2.76. The zero-order valence-corrected chi connectivity index (χ0v) is 13.4. The summed E-state index contributed by atoms with van der Waals surface area (Å²) in [5.74, 6) is 4.08. The van der Waals surface area contributed by atoms with Gasteiger partial charge in [-0.3, -0.25) is 0 Å². The standard InChI is InChI=1S/C18H32N2/c1-19-11-13-7-3-5-9-15(13)17(19)18-16-10-6-4-8-14(16)12-20(18)2/h13-18H,3-12H2,1-2H3. The fourth-order valence-corrected chi connectivity index (χ4v) is 6.49. The van der Waals surface area contributed by atoms with Crippen LogP contribution in [0.25, 0.3) is 0 Å². The van der Waals surface area contributed by atoms with Crippen molar-refractivity contribution in [1.82, 2.24) is 9.80 Å². The highest BCUT2D eigenvalue weighted by molar-refractivity contribution is 5.06. The molecule has 2 heteroatoms. The Bertz CT molecular complexity index is 321. The van der Waals surface area contributed by atoms with Gasteiger partial charge < -0.3 is 9.80 Å². The van der Waals surface area contributed by atoms with Crippen LogP contribution in [0.2, 0.25) is 0 Å². The summed E-state index contributed by atoms with van der Waals surface area (Å²) in [5.41, 5.74) is 0. The molecule has 114 valence electrons. The van der Waals surface area contributed by atoms with Crippen LogP contribution in [0.4, 0.5) is 0 Å². The van der Waals surface area contributed by atoms with Crippen LogP contribution in [-0.4, -0.2) is 49.1 Å². The number of likely N-dealkylation sites (tertiary alicyclic amines) is 2. The summed E-state index contributed by atoms with van der Waals surface area (Å²) in [5, 5.41) is 0. The van der Waals surface area contributed by atoms with E-state index >= 15 is 0 Å². The zero-order valence-electron chi connectivity index (χ0n) is 13.4. The molecule has 6 atom stereocenters. The molecule has 2 saturated carbocycles. The van der Waals surface area contributed by atoms with Gasteiger partial charge in [0.15, 0.2) is 0 Å². The van der Waals surface area contributed by atoms with Crippen molar-refractivity contribution in [3.05, 3.63) is 0 Å². The summed E-state index contributed by atoms with van der Waals surface area (Å²) in [7, 11) is 4.85. The van der Waals surface area contributed by atoms with Crippen LogP contribution < -0.4 is 0 Å². The molecule has 2 saturated heterocycles. The molecule has 0 aromatic heterocycles. The normalized spacial score (nSPS) is 50.1. The summed E-state index contributed by atoms with van der Waals surface area (Å²) < 4.78 is 0. The first-order valence-electron chi connectivity index (χ1n) is 9.16. The second-order valence-corrected chi connectivity index (χ2v) is 8.28. The van der Waals surface area contributed by atoms with Gasteiger partial charge >= 0.3 is 0 Å². The van der Waals surface area contributed by atoms with Gasteiger partial charge in [0.1, 0.15) is 0 Å². The molecule has 0 N–H and O–H groups in total. The number of likely N-dealkylation sites (N-methyl/N-ethyl adjacent to an activating group) is 2. The summed E-state index contributed by atoms with van der Waals surface area (Å²) in [6.45, 7) is 2.77. The molecule has 0 aromatic carbocycles. The third-order valence-electron chi connectivity index (χ3n) is 7.23. The molecule has 4 fully saturated rings. The molecular weight excluding hydrogens is 244 g/mol. The molecule has 0 bridgehead atoms. The molecular formula is C18H32N2. The van der Waals surface area contributed by atoms with Crippen molar-refractivity contribution in [2.24, 2.45) is 23.7 Å². The quantitative estimate of drug-likeness (QED) is 0.725. The van der Waals surface area contributed by atoms with Gasteiger partial charge in [-0.1, -0.05) is 25.7 Å². The van der Waals surface area contributed by atoms with E-state index in [0.29, 0.717) is 0 Å². The van der Waals surface area contributed by atoms with Crippen molar-refractivity contribution >= 4 is 0 Å². The van der Waals surface area contributed by atoms with Crippen LogP contribution in [0.5, 0.6) is 0 Å². The van der Waals surface area contributed by atoms with E-state index in [-0.39, 0.29) is 0 Å². The van der Waals surface area contributed by atoms with E-state index in [1.54, 1.807) is 0 Å². The lowest BCUT2D eigenvalue weighted by Gasteiger charge is -2.40. The van der Waals surface area contributed by atoms with Gasteiger partial charge in [-0.05, 0) is 63.5 Å². The minimum Gasteiger partial charge on any atom is -0.301 e. The number of rotatable bonds is 1. The highest BCUT2D eigenvalue weighted by atomic mass is 15.3. The van der Waals surface area contributed by atoms with Gasteiger partial charge in [0, 0.05) is 25.2 Å². The van der Waals surface area contributed by atoms with Crippen LogP contribution >= 0.6 is 0 Å². The maximum Gasteiger partial charge on any atom is 0.0282 e. The molecule has 0 aromatic rings. The van der Waals surface area contributed by atoms with Crippen molar-refractivity contribution in [3.63, 3.8) is 0 Å². The Kier molecular flexibility index (Phi) is 3.58. The fraction of sp³-hybridized carbons (Fsp3) is 1.00. The van der Waals surface area contributed by atoms with Crippen molar-refractivity contribution in [2.75, 3.05) is 27.2 Å². The van der Waals surface area contributed by atoms with Crippen molar-refractivity contribution in [2.45, 2.75) is 63.5 Å². The highest BCUT2D eigenvalue weighted by Crippen LogP contribution is 2.48. The molecule has 2 heterocycles. The summed E-state index contributed by atoms with van der Waals surface area (Å²) in [4.78, 5) is 5.53. The predicted octanol–water partition coefficient (Wildman–Crippen LogP) is 3.23. The first-order valence-corrected chi connectivity index (χ1v) is 9.16. The maximum absolute atomic E-state index is 2.76. The van der Waals surface area contributed by atoms with Crippen LogP contribution in [0.1, 0.15) is 51.4 Å². The summed E-state index contributed by atoms with van der Waals surface area (Å²) >= 11 is 0. The average molecular weight is 276 g/mol. The topological polar surface area (TPSA) is 6.48 Å². The molecule has 2 aliphatic carbocycles. The van der Waals surface area contributed by atoms with Gasteiger partial charge in [0.25, 0.3) is 0 Å². The second kappa shape index (κ2) is 5.28. The Hall–Kier alpha value is -0.0800. The molecule has 4 rings (SSSR count). The monoisotopic (exact) mass is 276 g/mol. The average Bonchev–Trinajstić information content (AvgIpc) is 2.94. The van der Waals surface area contributed by atoms with Gasteiger partial charge in [0.05, 0.1) is 0 Å². The smallest absolute Gasteiger partial charge is 0.0282 e. The number of fused-ring (bicyclic) bond motifs is 2. The lowest BCUT2D eigenvalue weighted by Crippen LogP contribution is -2.49. The molecule has 0 radical (unpaired) electrons. The number of hydrogen-bond acceptors (Lipinski definition) is 2. The van der Waals surface area contributed by atoms with Crippen molar-refractivity contribution < 1.29 is 0 Å².